The molecule has 0 radical (unpaired) electrons. The Bertz CT molecular complexity index is 556. The first-order chi connectivity index (χ1) is 8.16. The van der Waals surface area contributed by atoms with Gasteiger partial charge in [-0.05, 0) is 19.1 Å². The zero-order chi connectivity index (χ0) is 12.3. The molecule has 1 aromatic heterocycles. The molecule has 1 atom stereocenters. The van der Waals surface area contributed by atoms with Crippen molar-refractivity contribution in [2.24, 2.45) is 0 Å². The topological polar surface area (TPSA) is 54.9 Å². The Morgan fingerprint density at radius 3 is 2.53 bits per heavy atom. The van der Waals surface area contributed by atoms with Crippen LogP contribution in [0.4, 0.5) is 5.82 Å². The van der Waals surface area contributed by atoms with Crippen molar-refractivity contribution >= 4 is 27.7 Å². The summed E-state index contributed by atoms with van der Waals surface area (Å²) >= 11 is 0. The molecule has 1 unspecified atom stereocenters. The van der Waals surface area contributed by atoms with Crippen LogP contribution in [0.15, 0.2) is 24.3 Å². The van der Waals surface area contributed by atoms with Crippen LogP contribution < -0.4 is 5.32 Å². The van der Waals surface area contributed by atoms with Crippen LogP contribution in [-0.4, -0.2) is 32.7 Å². The van der Waals surface area contributed by atoms with Gasteiger partial charge < -0.3 is 5.32 Å². The van der Waals surface area contributed by atoms with Gasteiger partial charge in [0.2, 0.25) is 0 Å². The first-order valence-electron chi connectivity index (χ1n) is 5.44. The second-order valence-electron chi connectivity index (χ2n) is 3.85. The lowest BCUT2D eigenvalue weighted by molar-refractivity contribution is 0.687. The van der Waals surface area contributed by atoms with Crippen molar-refractivity contribution in [2.75, 3.05) is 23.9 Å². The Morgan fingerprint density at radius 1 is 1.24 bits per heavy atom. The monoisotopic (exact) mass is 249 g/mol. The summed E-state index contributed by atoms with van der Waals surface area (Å²) in [6, 6.07) is 7.77. The Labute approximate surface area is 103 Å². The van der Waals surface area contributed by atoms with Gasteiger partial charge in [0.05, 0.1) is 16.7 Å². The van der Waals surface area contributed by atoms with Gasteiger partial charge in [-0.15, -0.1) is 0 Å². The molecule has 0 fully saturated rings. The summed E-state index contributed by atoms with van der Waals surface area (Å²) in [5.74, 6) is 1.39. The van der Waals surface area contributed by atoms with Crippen molar-refractivity contribution in [2.45, 2.75) is 6.92 Å². The maximum absolute atomic E-state index is 11.0. The van der Waals surface area contributed by atoms with E-state index in [1.807, 2.05) is 31.2 Å². The normalized spacial score (nSPS) is 12.6. The molecule has 0 amide bonds. The van der Waals surface area contributed by atoms with E-state index in [2.05, 4.69) is 15.3 Å². The number of aryl methyl sites for hydroxylation is 1. The minimum absolute atomic E-state index is 0.619. The minimum atomic E-state index is -0.784. The van der Waals surface area contributed by atoms with Gasteiger partial charge in [0, 0.05) is 29.4 Å². The van der Waals surface area contributed by atoms with E-state index in [1.165, 1.54) is 0 Å². The molecule has 90 valence electrons. The smallest absolute Gasteiger partial charge is 0.148 e. The van der Waals surface area contributed by atoms with Gasteiger partial charge in [0.1, 0.15) is 5.82 Å². The molecule has 0 bridgehead atoms. The zero-order valence-corrected chi connectivity index (χ0v) is 10.8. The molecule has 17 heavy (non-hydrogen) atoms. The molecule has 0 aliphatic heterocycles. The van der Waals surface area contributed by atoms with Crippen molar-refractivity contribution in [1.82, 2.24) is 9.97 Å². The van der Waals surface area contributed by atoms with Crippen molar-refractivity contribution in [3.63, 3.8) is 0 Å². The Kier molecular flexibility index (Phi) is 3.68. The zero-order valence-electron chi connectivity index (χ0n) is 9.93. The van der Waals surface area contributed by atoms with Crippen molar-refractivity contribution in [3.8, 4) is 0 Å². The lowest BCUT2D eigenvalue weighted by Crippen LogP contribution is -2.12. The standard InChI is InChI=1S/C12H15N3OS/c1-9-12(13-7-8-17(2)16)15-11-6-4-3-5-10(11)14-9/h3-6H,7-8H2,1-2H3,(H,13,15). The van der Waals surface area contributed by atoms with Crippen molar-refractivity contribution in [3.05, 3.63) is 30.0 Å². The number of nitrogens with zero attached hydrogens (tertiary/aromatic N) is 2. The Hall–Kier alpha value is -1.49. The fourth-order valence-electron chi connectivity index (χ4n) is 1.57. The molecule has 0 spiro atoms. The van der Waals surface area contributed by atoms with Crippen molar-refractivity contribution < 1.29 is 4.21 Å². The molecular weight excluding hydrogens is 234 g/mol. The van der Waals surface area contributed by atoms with Gasteiger partial charge in [-0.25, -0.2) is 9.97 Å². The predicted molar refractivity (Wildman–Crippen MR) is 71.7 cm³/mol. The number of fused-ring (bicyclic) bond motifs is 1. The summed E-state index contributed by atoms with van der Waals surface area (Å²) in [6.45, 7) is 2.57. The van der Waals surface area contributed by atoms with Crippen LogP contribution in [0, 0.1) is 6.92 Å². The molecule has 1 aromatic carbocycles. The molecule has 0 aliphatic rings. The largest absolute Gasteiger partial charge is 0.368 e. The number of rotatable bonds is 4. The minimum Gasteiger partial charge on any atom is -0.368 e. The molecule has 2 rings (SSSR count). The van der Waals surface area contributed by atoms with Gasteiger partial charge in [0.15, 0.2) is 0 Å². The van der Waals surface area contributed by atoms with E-state index in [9.17, 15) is 4.21 Å². The van der Waals surface area contributed by atoms with E-state index in [1.54, 1.807) is 6.26 Å². The summed E-state index contributed by atoms with van der Waals surface area (Å²) in [5.41, 5.74) is 2.64. The molecule has 0 aliphatic carbocycles. The highest BCUT2D eigenvalue weighted by Gasteiger charge is 2.04. The number of aromatic nitrogens is 2. The Morgan fingerprint density at radius 2 is 1.88 bits per heavy atom. The SMILES string of the molecule is Cc1nc2ccccc2nc1NCCS(C)=O. The van der Waals surface area contributed by atoms with Crippen LogP contribution in [-0.2, 0) is 10.8 Å². The fraction of sp³-hybridized carbons (Fsp3) is 0.333. The first kappa shape index (κ1) is 12.0. The number of benzene rings is 1. The molecular formula is C12H15N3OS. The predicted octanol–water partition coefficient (Wildman–Crippen LogP) is 1.73. The molecule has 1 heterocycles. The van der Waals surface area contributed by atoms with Crippen LogP contribution in [0.2, 0.25) is 0 Å². The fourth-order valence-corrected chi connectivity index (χ4v) is 1.96. The molecule has 1 N–H and O–H groups in total. The van der Waals surface area contributed by atoms with Gasteiger partial charge in [-0.3, -0.25) is 4.21 Å². The molecule has 0 saturated heterocycles. The highest BCUT2D eigenvalue weighted by atomic mass is 32.2. The average molecular weight is 249 g/mol. The third-order valence-electron chi connectivity index (χ3n) is 2.43. The van der Waals surface area contributed by atoms with Crippen LogP contribution >= 0.6 is 0 Å². The van der Waals surface area contributed by atoms with E-state index in [0.717, 1.165) is 22.5 Å². The summed E-state index contributed by atoms with van der Waals surface area (Å²) in [6.07, 6.45) is 1.70. The Balaban J connectivity index is 2.22. The summed E-state index contributed by atoms with van der Waals surface area (Å²) in [5, 5.41) is 3.17. The van der Waals surface area contributed by atoms with Gasteiger partial charge >= 0.3 is 0 Å². The summed E-state index contributed by atoms with van der Waals surface area (Å²) < 4.78 is 11.0. The van der Waals surface area contributed by atoms with Crippen LogP contribution in [0.25, 0.3) is 11.0 Å². The molecule has 4 nitrogen and oxygen atoms in total. The third kappa shape index (κ3) is 3.00. The molecule has 2 aromatic rings. The van der Waals surface area contributed by atoms with Gasteiger partial charge in [0.25, 0.3) is 0 Å². The van der Waals surface area contributed by atoms with Crippen LogP contribution in [0.5, 0.6) is 0 Å². The number of hydrogen-bond donors (Lipinski definition) is 1. The number of hydrogen-bond acceptors (Lipinski definition) is 4. The lowest BCUT2D eigenvalue weighted by atomic mass is 10.3. The number of nitrogens with one attached hydrogen (secondary N) is 1. The van der Waals surface area contributed by atoms with E-state index in [0.29, 0.717) is 12.3 Å². The first-order valence-corrected chi connectivity index (χ1v) is 7.17. The highest BCUT2D eigenvalue weighted by molar-refractivity contribution is 7.84. The van der Waals surface area contributed by atoms with Crippen LogP contribution in [0.1, 0.15) is 5.69 Å². The van der Waals surface area contributed by atoms with E-state index in [4.69, 9.17) is 0 Å². The lowest BCUT2D eigenvalue weighted by Gasteiger charge is -2.08. The number of anilines is 1. The second kappa shape index (κ2) is 5.23. The maximum Gasteiger partial charge on any atom is 0.148 e. The number of para-hydroxylation sites is 2. The van der Waals surface area contributed by atoms with Crippen molar-refractivity contribution in [1.29, 1.82) is 0 Å². The van der Waals surface area contributed by atoms with E-state index < -0.39 is 10.8 Å². The maximum atomic E-state index is 11.0. The van der Waals surface area contributed by atoms with E-state index >= 15 is 0 Å². The summed E-state index contributed by atoms with van der Waals surface area (Å²) in [7, 11) is -0.784. The quantitative estimate of drug-likeness (QED) is 0.896. The molecule has 0 saturated carbocycles. The summed E-state index contributed by atoms with van der Waals surface area (Å²) in [4.78, 5) is 8.97. The average Bonchev–Trinajstić information content (AvgIpc) is 2.29. The molecule has 5 heteroatoms. The van der Waals surface area contributed by atoms with Crippen LogP contribution in [0.3, 0.4) is 0 Å². The van der Waals surface area contributed by atoms with E-state index in [-0.39, 0.29) is 0 Å². The second-order valence-corrected chi connectivity index (χ2v) is 5.41. The van der Waals surface area contributed by atoms with Gasteiger partial charge in [-0.2, -0.15) is 0 Å². The third-order valence-corrected chi connectivity index (χ3v) is 3.21. The highest BCUT2D eigenvalue weighted by Crippen LogP contribution is 2.15. The van der Waals surface area contributed by atoms with Gasteiger partial charge in [-0.1, -0.05) is 12.1 Å².